The van der Waals surface area contributed by atoms with Crippen LogP contribution in [-0.2, 0) is 13.2 Å². The van der Waals surface area contributed by atoms with Crippen LogP contribution in [0.15, 0.2) is 36.8 Å². The first-order chi connectivity index (χ1) is 13.2. The lowest BCUT2D eigenvalue weighted by Gasteiger charge is -2.32. The molecule has 28 heavy (non-hydrogen) atoms. The highest BCUT2D eigenvalue weighted by Gasteiger charge is 2.30. The van der Waals surface area contributed by atoms with E-state index in [1.54, 1.807) is 29.0 Å². The van der Waals surface area contributed by atoms with Crippen molar-refractivity contribution in [1.82, 2.24) is 19.8 Å². The summed E-state index contributed by atoms with van der Waals surface area (Å²) in [6.07, 6.45) is -0.0310. The summed E-state index contributed by atoms with van der Waals surface area (Å²) in [5.74, 6) is -0.145. The number of rotatable bonds is 3. The molecule has 0 aliphatic carbocycles. The molecule has 0 unspecified atom stereocenters. The number of hydrogen-bond acceptors (Lipinski definition) is 3. The van der Waals surface area contributed by atoms with Gasteiger partial charge < -0.3 is 20.1 Å². The Bertz CT molecular complexity index is 840. The largest absolute Gasteiger partial charge is 0.416 e. The molecule has 2 aromatic rings. The molecule has 0 saturated carbocycles. The molecule has 3 amide bonds. The number of nitrogens with one attached hydrogen (secondary N) is 2. The number of hydrogen-bond donors (Lipinski definition) is 2. The third kappa shape index (κ3) is 4.81. The average molecular weight is 395 g/mol. The van der Waals surface area contributed by atoms with Crippen molar-refractivity contribution in [2.75, 3.05) is 18.4 Å². The van der Waals surface area contributed by atoms with Crippen LogP contribution in [0.4, 0.5) is 23.7 Å². The predicted molar refractivity (Wildman–Crippen MR) is 95.7 cm³/mol. The van der Waals surface area contributed by atoms with Crippen LogP contribution in [0.25, 0.3) is 0 Å². The molecule has 10 heteroatoms. The molecule has 1 fully saturated rings. The minimum atomic E-state index is -4.42. The SMILES string of the molecule is Cn1cnc(C(=O)N2CCC(NC(=O)Nc3ccc(C(F)(F)F)cc3)CC2)c1. The highest BCUT2D eigenvalue weighted by molar-refractivity contribution is 5.92. The Morgan fingerprint density at radius 2 is 1.79 bits per heavy atom. The number of urea groups is 1. The van der Waals surface area contributed by atoms with E-state index in [0.29, 0.717) is 31.6 Å². The fraction of sp³-hybridized carbons (Fsp3) is 0.389. The van der Waals surface area contributed by atoms with Gasteiger partial charge in [0.05, 0.1) is 11.9 Å². The molecule has 0 bridgehead atoms. The second-order valence-corrected chi connectivity index (χ2v) is 6.66. The number of alkyl halides is 3. The van der Waals surface area contributed by atoms with Crippen molar-refractivity contribution in [3.8, 4) is 0 Å². The Kier molecular flexibility index (Phi) is 5.57. The second-order valence-electron chi connectivity index (χ2n) is 6.66. The molecular formula is C18H20F3N5O2. The summed E-state index contributed by atoms with van der Waals surface area (Å²) in [4.78, 5) is 30.2. The molecule has 1 saturated heterocycles. The van der Waals surface area contributed by atoms with E-state index in [1.165, 1.54) is 12.1 Å². The number of anilines is 1. The van der Waals surface area contributed by atoms with Gasteiger partial charge in [-0.2, -0.15) is 13.2 Å². The zero-order valence-electron chi connectivity index (χ0n) is 15.2. The van der Waals surface area contributed by atoms with E-state index in [4.69, 9.17) is 0 Å². The standard InChI is InChI=1S/C18H20F3N5O2/c1-25-10-15(22-11-25)16(27)26-8-6-14(7-9-26)24-17(28)23-13-4-2-12(3-5-13)18(19,20)21/h2-5,10-11,14H,6-9H2,1H3,(H2,23,24,28). The number of likely N-dealkylation sites (tertiary alicyclic amines) is 1. The number of benzene rings is 1. The molecule has 1 aliphatic rings. The Balaban J connectivity index is 1.46. The highest BCUT2D eigenvalue weighted by atomic mass is 19.4. The first-order valence-electron chi connectivity index (χ1n) is 8.74. The van der Waals surface area contributed by atoms with Gasteiger partial charge in [0.1, 0.15) is 5.69 Å². The summed E-state index contributed by atoms with van der Waals surface area (Å²) in [7, 11) is 1.79. The van der Waals surface area contributed by atoms with Crippen molar-refractivity contribution >= 4 is 17.6 Å². The summed E-state index contributed by atoms with van der Waals surface area (Å²) in [6.45, 7) is 0.973. The van der Waals surface area contributed by atoms with Crippen LogP contribution < -0.4 is 10.6 Å². The van der Waals surface area contributed by atoms with Crippen molar-refractivity contribution in [2.45, 2.75) is 25.1 Å². The maximum absolute atomic E-state index is 12.6. The summed E-state index contributed by atoms with van der Waals surface area (Å²) in [5.41, 5.74) is -0.120. The van der Waals surface area contributed by atoms with Gasteiger partial charge in [-0.05, 0) is 37.1 Å². The average Bonchev–Trinajstić information content (AvgIpc) is 3.08. The normalized spacial score (nSPS) is 15.4. The van der Waals surface area contributed by atoms with Gasteiger partial charge in [0.15, 0.2) is 0 Å². The van der Waals surface area contributed by atoms with E-state index in [9.17, 15) is 22.8 Å². The van der Waals surface area contributed by atoms with Crippen molar-refractivity contribution < 1.29 is 22.8 Å². The third-order valence-corrected chi connectivity index (χ3v) is 4.51. The Hall–Kier alpha value is -3.04. The van der Waals surface area contributed by atoms with Gasteiger partial charge in [-0.1, -0.05) is 0 Å². The van der Waals surface area contributed by atoms with Gasteiger partial charge >= 0.3 is 12.2 Å². The minimum Gasteiger partial charge on any atom is -0.340 e. The number of aryl methyl sites for hydroxylation is 1. The molecular weight excluding hydrogens is 375 g/mol. The van der Waals surface area contributed by atoms with Crippen molar-refractivity contribution in [1.29, 1.82) is 0 Å². The van der Waals surface area contributed by atoms with Crippen LogP contribution in [-0.4, -0.2) is 45.5 Å². The van der Waals surface area contributed by atoms with Crippen molar-refractivity contribution in [3.63, 3.8) is 0 Å². The van der Waals surface area contributed by atoms with E-state index in [0.717, 1.165) is 12.1 Å². The van der Waals surface area contributed by atoms with Gasteiger partial charge in [-0.3, -0.25) is 4.79 Å². The number of nitrogens with zero attached hydrogens (tertiary/aromatic N) is 3. The lowest BCUT2D eigenvalue weighted by Crippen LogP contribution is -2.47. The van der Waals surface area contributed by atoms with E-state index in [2.05, 4.69) is 15.6 Å². The molecule has 0 radical (unpaired) electrons. The lowest BCUT2D eigenvalue weighted by atomic mass is 10.0. The zero-order valence-corrected chi connectivity index (χ0v) is 15.2. The van der Waals surface area contributed by atoms with Crippen LogP contribution in [0.3, 0.4) is 0 Å². The number of amides is 3. The quantitative estimate of drug-likeness (QED) is 0.839. The Labute approximate surface area is 159 Å². The fourth-order valence-electron chi connectivity index (χ4n) is 3.01. The maximum Gasteiger partial charge on any atom is 0.416 e. The van der Waals surface area contributed by atoms with Crippen LogP contribution in [0.1, 0.15) is 28.9 Å². The van der Waals surface area contributed by atoms with Gasteiger partial charge in [0.2, 0.25) is 0 Å². The fourth-order valence-corrected chi connectivity index (χ4v) is 3.01. The molecule has 0 atom stereocenters. The molecule has 2 heterocycles. The van der Waals surface area contributed by atoms with Crippen LogP contribution in [0, 0.1) is 0 Å². The molecule has 0 spiro atoms. The Morgan fingerprint density at radius 1 is 1.14 bits per heavy atom. The molecule has 7 nitrogen and oxygen atoms in total. The van der Waals surface area contributed by atoms with E-state index >= 15 is 0 Å². The van der Waals surface area contributed by atoms with Crippen LogP contribution in [0.2, 0.25) is 0 Å². The molecule has 150 valence electrons. The van der Waals surface area contributed by atoms with Crippen LogP contribution >= 0.6 is 0 Å². The number of aromatic nitrogens is 2. The van der Waals surface area contributed by atoms with Gasteiger partial charge in [-0.25, -0.2) is 9.78 Å². The molecule has 1 aromatic carbocycles. The zero-order chi connectivity index (χ0) is 20.3. The van der Waals surface area contributed by atoms with E-state index in [1.807, 2.05) is 0 Å². The second kappa shape index (κ2) is 7.91. The number of imidazole rings is 1. The number of carbonyl (C=O) groups is 2. The number of piperidine rings is 1. The lowest BCUT2D eigenvalue weighted by molar-refractivity contribution is -0.137. The summed E-state index contributed by atoms with van der Waals surface area (Å²) < 4.78 is 39.4. The van der Waals surface area contributed by atoms with Crippen LogP contribution in [0.5, 0.6) is 0 Å². The van der Waals surface area contributed by atoms with Crippen molar-refractivity contribution in [2.24, 2.45) is 7.05 Å². The first-order valence-corrected chi connectivity index (χ1v) is 8.74. The monoisotopic (exact) mass is 395 g/mol. The van der Waals surface area contributed by atoms with Crippen molar-refractivity contribution in [3.05, 3.63) is 48.0 Å². The van der Waals surface area contributed by atoms with E-state index in [-0.39, 0.29) is 17.6 Å². The topological polar surface area (TPSA) is 79.3 Å². The number of carbonyl (C=O) groups excluding carboxylic acids is 2. The summed E-state index contributed by atoms with van der Waals surface area (Å²) in [5, 5.41) is 5.31. The minimum absolute atomic E-state index is 0.123. The van der Waals surface area contributed by atoms with Gasteiger partial charge in [0.25, 0.3) is 5.91 Å². The smallest absolute Gasteiger partial charge is 0.340 e. The third-order valence-electron chi connectivity index (χ3n) is 4.51. The first kappa shape index (κ1) is 19.7. The number of halogens is 3. The summed E-state index contributed by atoms with van der Waals surface area (Å²) >= 11 is 0. The molecule has 1 aliphatic heterocycles. The van der Waals surface area contributed by atoms with E-state index < -0.39 is 17.8 Å². The van der Waals surface area contributed by atoms with Gasteiger partial charge in [-0.15, -0.1) is 0 Å². The predicted octanol–water partition coefficient (Wildman–Crippen LogP) is 2.87. The Morgan fingerprint density at radius 3 is 2.32 bits per heavy atom. The molecule has 3 rings (SSSR count). The molecule has 2 N–H and O–H groups in total. The van der Waals surface area contributed by atoms with Gasteiger partial charge in [0, 0.05) is 38.1 Å². The summed E-state index contributed by atoms with van der Waals surface area (Å²) in [6, 6.07) is 3.62. The molecule has 1 aromatic heterocycles. The maximum atomic E-state index is 12.6. The highest BCUT2D eigenvalue weighted by Crippen LogP contribution is 2.29.